The van der Waals surface area contributed by atoms with Crippen LogP contribution in [-0.4, -0.2) is 25.5 Å². The molecule has 0 radical (unpaired) electrons. The molecular formula is C18H19NO4. The lowest BCUT2D eigenvalue weighted by atomic mass is 10.1. The Hall–Kier alpha value is -2.82. The summed E-state index contributed by atoms with van der Waals surface area (Å²) in [5.74, 6) is -0.527. The van der Waals surface area contributed by atoms with Gasteiger partial charge in [0, 0.05) is 7.05 Å². The van der Waals surface area contributed by atoms with Crippen LogP contribution in [0.25, 0.3) is 0 Å². The average Bonchev–Trinajstić information content (AvgIpc) is 2.58. The predicted octanol–water partition coefficient (Wildman–Crippen LogP) is 2.48. The third-order valence-corrected chi connectivity index (χ3v) is 3.20. The normalized spacial score (nSPS) is 10.0. The second-order valence-electron chi connectivity index (χ2n) is 5.02. The first-order valence-corrected chi connectivity index (χ1v) is 7.25. The highest BCUT2D eigenvalue weighted by Crippen LogP contribution is 2.20. The fraction of sp³-hybridized carbons (Fsp3) is 0.222. The molecule has 0 aliphatic heterocycles. The molecule has 1 N–H and O–H groups in total. The summed E-state index contributed by atoms with van der Waals surface area (Å²) in [7, 11) is 1.48. The molecule has 5 nitrogen and oxygen atoms in total. The second-order valence-corrected chi connectivity index (χ2v) is 5.02. The van der Waals surface area contributed by atoms with Crippen LogP contribution in [-0.2, 0) is 16.1 Å². The Morgan fingerprint density at radius 3 is 2.61 bits per heavy atom. The Morgan fingerprint density at radius 1 is 1.09 bits per heavy atom. The van der Waals surface area contributed by atoms with Crippen molar-refractivity contribution in [2.75, 3.05) is 13.7 Å². The fourth-order valence-corrected chi connectivity index (χ4v) is 2.01. The fourth-order valence-electron chi connectivity index (χ4n) is 2.01. The van der Waals surface area contributed by atoms with E-state index in [1.54, 1.807) is 24.3 Å². The van der Waals surface area contributed by atoms with Crippen molar-refractivity contribution in [3.05, 3.63) is 65.2 Å². The molecule has 0 aliphatic rings. The number of hydrogen-bond acceptors (Lipinski definition) is 4. The summed E-state index contributed by atoms with van der Waals surface area (Å²) in [6, 6.07) is 14.7. The zero-order chi connectivity index (χ0) is 16.7. The van der Waals surface area contributed by atoms with Crippen molar-refractivity contribution < 1.29 is 19.1 Å². The lowest BCUT2D eigenvalue weighted by molar-refractivity contribution is -0.123. The third kappa shape index (κ3) is 4.85. The third-order valence-electron chi connectivity index (χ3n) is 3.20. The number of esters is 1. The lowest BCUT2D eigenvalue weighted by Crippen LogP contribution is -2.25. The zero-order valence-corrected chi connectivity index (χ0v) is 13.2. The van der Waals surface area contributed by atoms with Crippen molar-refractivity contribution in [2.45, 2.75) is 13.5 Å². The van der Waals surface area contributed by atoms with Crippen LogP contribution in [0.5, 0.6) is 5.75 Å². The number of benzene rings is 2. The van der Waals surface area contributed by atoms with E-state index >= 15 is 0 Å². The highest BCUT2D eigenvalue weighted by Gasteiger charge is 2.15. The van der Waals surface area contributed by atoms with E-state index in [1.165, 1.54) is 7.05 Å². The van der Waals surface area contributed by atoms with Crippen molar-refractivity contribution in [3.8, 4) is 5.75 Å². The van der Waals surface area contributed by atoms with E-state index in [4.69, 9.17) is 9.47 Å². The number of ether oxygens (including phenoxy) is 2. The van der Waals surface area contributed by atoms with Gasteiger partial charge in [-0.1, -0.05) is 42.0 Å². The molecule has 1 amide bonds. The Morgan fingerprint density at radius 2 is 1.87 bits per heavy atom. The van der Waals surface area contributed by atoms with E-state index in [0.717, 1.165) is 11.1 Å². The minimum atomic E-state index is -0.589. The molecule has 0 heterocycles. The summed E-state index contributed by atoms with van der Waals surface area (Å²) in [6.07, 6.45) is 0. The summed E-state index contributed by atoms with van der Waals surface area (Å²) in [6.45, 7) is 2.04. The molecule has 0 saturated carbocycles. The minimum absolute atomic E-state index is 0.295. The van der Waals surface area contributed by atoms with Gasteiger partial charge >= 0.3 is 5.97 Å². The van der Waals surface area contributed by atoms with Crippen LogP contribution >= 0.6 is 0 Å². The van der Waals surface area contributed by atoms with Gasteiger partial charge in [0.1, 0.15) is 17.9 Å². The summed E-state index contributed by atoms with van der Waals surface area (Å²) in [4.78, 5) is 23.2. The van der Waals surface area contributed by atoms with Crippen LogP contribution in [0.1, 0.15) is 21.5 Å². The van der Waals surface area contributed by atoms with Gasteiger partial charge in [-0.05, 0) is 24.6 Å². The van der Waals surface area contributed by atoms with Crippen molar-refractivity contribution in [3.63, 3.8) is 0 Å². The molecule has 0 saturated heterocycles. The number of aryl methyl sites for hydroxylation is 1. The van der Waals surface area contributed by atoms with Crippen LogP contribution in [0.4, 0.5) is 0 Å². The van der Waals surface area contributed by atoms with Gasteiger partial charge < -0.3 is 14.8 Å². The van der Waals surface area contributed by atoms with Crippen molar-refractivity contribution in [2.24, 2.45) is 0 Å². The maximum Gasteiger partial charge on any atom is 0.342 e. The molecule has 0 fully saturated rings. The first-order chi connectivity index (χ1) is 11.1. The van der Waals surface area contributed by atoms with Crippen LogP contribution in [0.15, 0.2) is 48.5 Å². The summed E-state index contributed by atoms with van der Waals surface area (Å²) in [5.41, 5.74) is 2.45. The average molecular weight is 313 g/mol. The maximum absolute atomic E-state index is 12.1. The van der Waals surface area contributed by atoms with E-state index in [-0.39, 0.29) is 12.5 Å². The highest BCUT2D eigenvalue weighted by molar-refractivity contribution is 5.93. The number of nitrogens with one attached hydrogen (secondary N) is 1. The monoisotopic (exact) mass is 313 g/mol. The second kappa shape index (κ2) is 7.98. The van der Waals surface area contributed by atoms with E-state index < -0.39 is 5.97 Å². The molecule has 120 valence electrons. The topological polar surface area (TPSA) is 64.6 Å². The molecule has 5 heteroatoms. The largest absolute Gasteiger partial charge is 0.488 e. The Bertz CT molecular complexity index is 697. The molecule has 0 bridgehead atoms. The van der Waals surface area contributed by atoms with Crippen molar-refractivity contribution in [1.29, 1.82) is 0 Å². The van der Waals surface area contributed by atoms with Gasteiger partial charge in [0.2, 0.25) is 0 Å². The van der Waals surface area contributed by atoms with Gasteiger partial charge in [0.25, 0.3) is 5.91 Å². The van der Waals surface area contributed by atoms with Gasteiger partial charge in [-0.2, -0.15) is 0 Å². The molecule has 2 aromatic carbocycles. The minimum Gasteiger partial charge on any atom is -0.488 e. The van der Waals surface area contributed by atoms with E-state index in [0.29, 0.717) is 17.9 Å². The molecule has 0 unspecified atom stereocenters. The van der Waals surface area contributed by atoms with E-state index in [1.807, 2.05) is 31.2 Å². The summed E-state index contributed by atoms with van der Waals surface area (Å²) < 4.78 is 10.7. The van der Waals surface area contributed by atoms with Gasteiger partial charge in [-0.25, -0.2) is 4.79 Å². The summed E-state index contributed by atoms with van der Waals surface area (Å²) >= 11 is 0. The Kier molecular flexibility index (Phi) is 5.74. The molecule has 23 heavy (non-hydrogen) atoms. The number of likely N-dealkylation sites (N-methyl/N-ethyl adjacent to an activating group) is 1. The van der Waals surface area contributed by atoms with Crippen LogP contribution in [0.2, 0.25) is 0 Å². The molecule has 2 aromatic rings. The van der Waals surface area contributed by atoms with Gasteiger partial charge in [0.15, 0.2) is 6.61 Å². The number of rotatable bonds is 6. The Labute approximate surface area is 135 Å². The number of para-hydroxylation sites is 1. The SMILES string of the molecule is CNC(=O)COC(=O)c1ccccc1OCc1cccc(C)c1. The van der Waals surface area contributed by atoms with Crippen LogP contribution < -0.4 is 10.1 Å². The number of carbonyl (C=O) groups is 2. The predicted molar refractivity (Wildman–Crippen MR) is 86.3 cm³/mol. The number of hydrogen-bond donors (Lipinski definition) is 1. The molecule has 0 atom stereocenters. The van der Waals surface area contributed by atoms with Gasteiger partial charge in [-0.15, -0.1) is 0 Å². The molecule has 0 aliphatic carbocycles. The first-order valence-electron chi connectivity index (χ1n) is 7.25. The number of carbonyl (C=O) groups excluding carboxylic acids is 2. The Balaban J connectivity index is 2.05. The van der Waals surface area contributed by atoms with Crippen LogP contribution in [0, 0.1) is 6.92 Å². The van der Waals surface area contributed by atoms with Gasteiger partial charge in [-0.3, -0.25) is 4.79 Å². The maximum atomic E-state index is 12.1. The molecule has 2 rings (SSSR count). The number of amides is 1. The highest BCUT2D eigenvalue weighted by atomic mass is 16.5. The smallest absolute Gasteiger partial charge is 0.342 e. The van der Waals surface area contributed by atoms with Crippen molar-refractivity contribution in [1.82, 2.24) is 5.32 Å². The lowest BCUT2D eigenvalue weighted by Gasteiger charge is -2.11. The summed E-state index contributed by atoms with van der Waals surface area (Å²) in [5, 5.41) is 2.39. The van der Waals surface area contributed by atoms with Crippen molar-refractivity contribution >= 4 is 11.9 Å². The van der Waals surface area contributed by atoms with E-state index in [2.05, 4.69) is 5.32 Å². The quantitative estimate of drug-likeness (QED) is 0.832. The standard InChI is InChI=1S/C18H19NO4/c1-13-6-5-7-14(10-13)11-22-16-9-4-3-8-15(16)18(21)23-12-17(20)19-2/h3-10H,11-12H2,1-2H3,(H,19,20). The van der Waals surface area contributed by atoms with Gasteiger partial charge in [0.05, 0.1) is 0 Å². The first kappa shape index (κ1) is 16.5. The zero-order valence-electron chi connectivity index (χ0n) is 13.2. The molecule has 0 aromatic heterocycles. The van der Waals surface area contributed by atoms with Crippen LogP contribution in [0.3, 0.4) is 0 Å². The molecular weight excluding hydrogens is 294 g/mol. The van der Waals surface area contributed by atoms with E-state index in [9.17, 15) is 9.59 Å². The molecule has 0 spiro atoms.